The number of nitrogens with zero attached hydrogens (tertiary/aromatic N) is 1. The topological polar surface area (TPSA) is 68.5 Å². The number of benzene rings is 2. The van der Waals surface area contributed by atoms with Crippen LogP contribution in [0.5, 0.6) is 5.88 Å². The van der Waals surface area contributed by atoms with E-state index in [1.807, 2.05) is 6.07 Å². The van der Waals surface area contributed by atoms with Crippen LogP contribution in [-0.4, -0.2) is 21.7 Å². The maximum Gasteiger partial charge on any atom is 0.344 e. The first-order valence-electron chi connectivity index (χ1n) is 8.30. The molecule has 1 aromatic heterocycles. The molecule has 1 N–H and O–H groups in total. The zero-order valence-electron chi connectivity index (χ0n) is 14.5. The smallest absolute Gasteiger partial charge is 0.344 e. The van der Waals surface area contributed by atoms with Gasteiger partial charge in [0.05, 0.1) is 11.8 Å². The molecule has 0 atom stereocenters. The van der Waals surface area contributed by atoms with Gasteiger partial charge in [-0.1, -0.05) is 48.5 Å². The lowest BCUT2D eigenvalue weighted by molar-refractivity contribution is 0.0374. The fraction of sp³-hybridized carbons (Fsp3) is 0.143. The Morgan fingerprint density at radius 3 is 2.15 bits per heavy atom. The van der Waals surface area contributed by atoms with Crippen molar-refractivity contribution >= 4 is 5.97 Å². The summed E-state index contributed by atoms with van der Waals surface area (Å²) in [4.78, 5) is 25.3. The van der Waals surface area contributed by atoms with E-state index in [0.717, 1.165) is 4.57 Å². The van der Waals surface area contributed by atoms with E-state index in [0.29, 0.717) is 16.8 Å². The van der Waals surface area contributed by atoms with Gasteiger partial charge in [-0.3, -0.25) is 4.79 Å². The Bertz CT molecular complexity index is 976. The van der Waals surface area contributed by atoms with Crippen molar-refractivity contribution in [3.63, 3.8) is 0 Å². The van der Waals surface area contributed by atoms with Crippen LogP contribution in [0.25, 0.3) is 16.8 Å². The molecule has 0 saturated carbocycles. The van der Waals surface area contributed by atoms with Crippen molar-refractivity contribution in [3.05, 3.63) is 82.6 Å². The Labute approximate surface area is 151 Å². The SMILES string of the molecule is CC(C)OC(=O)c1c(-c2ccccc2)cc(=O)n(-c2ccccc2)c1O. The molecule has 0 bridgehead atoms. The number of aromatic hydroxyl groups is 1. The van der Waals surface area contributed by atoms with E-state index in [9.17, 15) is 14.7 Å². The normalized spacial score (nSPS) is 10.7. The van der Waals surface area contributed by atoms with Crippen LogP contribution in [0.3, 0.4) is 0 Å². The minimum atomic E-state index is -0.680. The van der Waals surface area contributed by atoms with Crippen molar-refractivity contribution in [2.45, 2.75) is 20.0 Å². The number of ether oxygens (including phenoxy) is 1. The van der Waals surface area contributed by atoms with Crippen molar-refractivity contribution in [1.29, 1.82) is 0 Å². The Balaban J connectivity index is 2.30. The average molecular weight is 349 g/mol. The second kappa shape index (κ2) is 7.27. The third-order valence-corrected chi connectivity index (χ3v) is 3.84. The first-order valence-corrected chi connectivity index (χ1v) is 8.30. The third kappa shape index (κ3) is 3.37. The number of carbonyl (C=O) groups is 1. The van der Waals surface area contributed by atoms with Gasteiger partial charge in [0.25, 0.3) is 5.56 Å². The quantitative estimate of drug-likeness (QED) is 0.728. The van der Waals surface area contributed by atoms with Gasteiger partial charge in [0.1, 0.15) is 5.56 Å². The molecule has 2 aromatic carbocycles. The van der Waals surface area contributed by atoms with Gasteiger partial charge >= 0.3 is 5.97 Å². The van der Waals surface area contributed by atoms with Gasteiger partial charge in [0, 0.05) is 11.6 Å². The number of aromatic nitrogens is 1. The zero-order valence-corrected chi connectivity index (χ0v) is 14.5. The number of hydrogen-bond acceptors (Lipinski definition) is 4. The summed E-state index contributed by atoms with van der Waals surface area (Å²) in [5.74, 6) is -1.12. The van der Waals surface area contributed by atoms with E-state index >= 15 is 0 Å². The third-order valence-electron chi connectivity index (χ3n) is 3.84. The highest BCUT2D eigenvalue weighted by molar-refractivity contribution is 5.99. The number of rotatable bonds is 4. The number of para-hydroxylation sites is 1. The molecular formula is C21H19NO4. The molecule has 0 radical (unpaired) electrons. The van der Waals surface area contributed by atoms with Crippen molar-refractivity contribution < 1.29 is 14.6 Å². The molecule has 5 heteroatoms. The average Bonchev–Trinajstić information content (AvgIpc) is 2.62. The molecule has 0 amide bonds. The van der Waals surface area contributed by atoms with Gasteiger partial charge in [-0.05, 0) is 31.5 Å². The molecule has 0 aliphatic rings. The summed E-state index contributed by atoms with van der Waals surface area (Å²) in [6.07, 6.45) is -0.359. The van der Waals surface area contributed by atoms with Crippen LogP contribution in [0.2, 0.25) is 0 Å². The summed E-state index contributed by atoms with van der Waals surface area (Å²) in [5.41, 5.74) is 0.983. The summed E-state index contributed by atoms with van der Waals surface area (Å²) in [6.45, 7) is 3.45. The predicted molar refractivity (Wildman–Crippen MR) is 99.7 cm³/mol. The molecule has 3 rings (SSSR count). The maximum absolute atomic E-state index is 12.7. The molecule has 3 aromatic rings. The Hall–Kier alpha value is -3.34. The van der Waals surface area contributed by atoms with E-state index in [2.05, 4.69) is 0 Å². The van der Waals surface area contributed by atoms with Gasteiger partial charge in [-0.2, -0.15) is 0 Å². The van der Waals surface area contributed by atoms with Gasteiger partial charge in [0.2, 0.25) is 5.88 Å². The number of carbonyl (C=O) groups excluding carboxylic acids is 1. The van der Waals surface area contributed by atoms with Crippen LogP contribution < -0.4 is 5.56 Å². The van der Waals surface area contributed by atoms with Crippen LogP contribution in [0.15, 0.2) is 71.5 Å². The summed E-state index contributed by atoms with van der Waals surface area (Å²) >= 11 is 0. The van der Waals surface area contributed by atoms with Crippen molar-refractivity contribution in [2.75, 3.05) is 0 Å². The minimum absolute atomic E-state index is 0.0339. The molecular weight excluding hydrogens is 330 g/mol. The standard InChI is InChI=1S/C21H19NO4/c1-14(2)26-21(25)19-17(15-9-5-3-6-10-15)13-18(23)22(20(19)24)16-11-7-4-8-12-16/h3-14,24H,1-2H3. The summed E-state index contributed by atoms with van der Waals surface area (Å²) in [6, 6.07) is 19.0. The number of pyridine rings is 1. The monoisotopic (exact) mass is 349 g/mol. The highest BCUT2D eigenvalue weighted by Crippen LogP contribution is 2.31. The van der Waals surface area contributed by atoms with Crippen molar-refractivity contribution in [1.82, 2.24) is 4.57 Å². The molecule has 0 aliphatic carbocycles. The second-order valence-electron chi connectivity index (χ2n) is 6.09. The molecule has 0 aliphatic heterocycles. The maximum atomic E-state index is 12.7. The molecule has 0 spiro atoms. The summed E-state index contributed by atoms with van der Waals surface area (Å²) in [5, 5.41) is 10.8. The van der Waals surface area contributed by atoms with Crippen LogP contribution in [0.1, 0.15) is 24.2 Å². The zero-order chi connectivity index (χ0) is 18.7. The molecule has 0 unspecified atom stereocenters. The van der Waals surface area contributed by atoms with E-state index in [1.54, 1.807) is 68.4 Å². The first-order chi connectivity index (χ1) is 12.5. The largest absolute Gasteiger partial charge is 0.493 e. The molecule has 132 valence electrons. The molecule has 26 heavy (non-hydrogen) atoms. The van der Waals surface area contributed by atoms with Crippen LogP contribution in [0.4, 0.5) is 0 Å². The van der Waals surface area contributed by atoms with E-state index in [1.165, 1.54) is 6.07 Å². The highest BCUT2D eigenvalue weighted by Gasteiger charge is 2.25. The van der Waals surface area contributed by atoms with E-state index < -0.39 is 17.4 Å². The predicted octanol–water partition coefficient (Wildman–Crippen LogP) is 3.78. The van der Waals surface area contributed by atoms with Crippen molar-refractivity contribution in [3.8, 4) is 22.7 Å². The molecule has 1 heterocycles. The Morgan fingerprint density at radius 2 is 1.58 bits per heavy atom. The Kier molecular flexibility index (Phi) is 4.89. The molecule has 0 fully saturated rings. The van der Waals surface area contributed by atoms with Crippen LogP contribution >= 0.6 is 0 Å². The lowest BCUT2D eigenvalue weighted by Crippen LogP contribution is -2.22. The van der Waals surface area contributed by atoms with Crippen LogP contribution in [-0.2, 0) is 4.74 Å². The van der Waals surface area contributed by atoms with Gasteiger partial charge in [0.15, 0.2) is 0 Å². The van der Waals surface area contributed by atoms with Crippen molar-refractivity contribution in [2.24, 2.45) is 0 Å². The fourth-order valence-electron chi connectivity index (χ4n) is 2.74. The second-order valence-corrected chi connectivity index (χ2v) is 6.09. The number of hydrogen-bond donors (Lipinski definition) is 1. The first kappa shape index (κ1) is 17.5. The Morgan fingerprint density at radius 1 is 1.00 bits per heavy atom. The lowest BCUT2D eigenvalue weighted by atomic mass is 10.0. The van der Waals surface area contributed by atoms with Crippen LogP contribution in [0, 0.1) is 0 Å². The molecule has 5 nitrogen and oxygen atoms in total. The molecule has 0 saturated heterocycles. The fourth-order valence-corrected chi connectivity index (χ4v) is 2.74. The van der Waals surface area contributed by atoms with Gasteiger partial charge < -0.3 is 9.84 Å². The van der Waals surface area contributed by atoms with Gasteiger partial charge in [-0.25, -0.2) is 9.36 Å². The summed E-state index contributed by atoms with van der Waals surface area (Å²) in [7, 11) is 0. The lowest BCUT2D eigenvalue weighted by Gasteiger charge is -2.17. The van der Waals surface area contributed by atoms with Gasteiger partial charge in [-0.15, -0.1) is 0 Å². The van der Waals surface area contributed by atoms with E-state index in [-0.39, 0.29) is 11.7 Å². The summed E-state index contributed by atoms with van der Waals surface area (Å²) < 4.78 is 6.40. The van der Waals surface area contributed by atoms with E-state index in [4.69, 9.17) is 4.74 Å². The minimum Gasteiger partial charge on any atom is -0.493 e. The number of esters is 1. The highest BCUT2D eigenvalue weighted by atomic mass is 16.5.